The number of hydrogen-bond acceptors (Lipinski definition) is 2. The molecule has 0 amide bonds. The maximum absolute atomic E-state index is 11.1. The van der Waals surface area contributed by atoms with E-state index in [1.54, 1.807) is 6.92 Å². The summed E-state index contributed by atoms with van der Waals surface area (Å²) in [5.41, 5.74) is 2.19. The van der Waals surface area contributed by atoms with E-state index in [1.165, 1.54) is 5.57 Å². The molecule has 0 spiro atoms. The molecule has 0 saturated carbocycles. The molecule has 0 aliphatic carbocycles. The number of allylic oxidation sites excluding steroid dienone is 3. The normalized spacial score (nSPS) is 17.1. The molecule has 0 atom stereocenters. The lowest BCUT2D eigenvalue weighted by atomic mass is 10.1. The Morgan fingerprint density at radius 1 is 1.67 bits per heavy atom. The summed E-state index contributed by atoms with van der Waals surface area (Å²) >= 11 is 0. The van der Waals surface area contributed by atoms with E-state index in [0.29, 0.717) is 0 Å². The standard InChI is InChI=1S/C10H15NO/c1-4-9-5-6-10(8(2)12)11(3)7-9/h6-7H,4-5H2,1-3H3. The number of hydrogen-bond donors (Lipinski definition) is 0. The van der Waals surface area contributed by atoms with Gasteiger partial charge in [0.1, 0.15) is 0 Å². The highest BCUT2D eigenvalue weighted by atomic mass is 16.1. The lowest BCUT2D eigenvalue weighted by molar-refractivity contribution is -0.114. The van der Waals surface area contributed by atoms with Gasteiger partial charge in [-0.1, -0.05) is 18.6 Å². The highest BCUT2D eigenvalue weighted by Crippen LogP contribution is 2.19. The van der Waals surface area contributed by atoms with Gasteiger partial charge in [0.2, 0.25) is 0 Å². The number of ketones is 1. The fraction of sp³-hybridized carbons (Fsp3) is 0.500. The van der Waals surface area contributed by atoms with Gasteiger partial charge >= 0.3 is 0 Å². The van der Waals surface area contributed by atoms with Crippen LogP contribution in [0, 0.1) is 0 Å². The zero-order chi connectivity index (χ0) is 9.14. The average molecular weight is 165 g/mol. The number of Topliss-reactive ketones (excluding diaryl/α,β-unsaturated/α-hetero) is 1. The molecule has 0 aromatic carbocycles. The third kappa shape index (κ3) is 1.76. The summed E-state index contributed by atoms with van der Waals surface area (Å²) < 4.78 is 0. The first-order valence-corrected chi connectivity index (χ1v) is 4.28. The fourth-order valence-electron chi connectivity index (χ4n) is 1.40. The third-order valence-electron chi connectivity index (χ3n) is 2.13. The minimum absolute atomic E-state index is 0.143. The molecule has 1 heterocycles. The number of carbonyl (C=O) groups is 1. The Labute approximate surface area is 73.6 Å². The zero-order valence-electron chi connectivity index (χ0n) is 7.92. The molecule has 0 aromatic heterocycles. The first-order valence-electron chi connectivity index (χ1n) is 4.28. The molecular weight excluding hydrogens is 150 g/mol. The van der Waals surface area contributed by atoms with Crippen molar-refractivity contribution in [1.82, 2.24) is 4.90 Å². The molecule has 0 N–H and O–H groups in total. The van der Waals surface area contributed by atoms with Crippen molar-refractivity contribution in [3.8, 4) is 0 Å². The van der Waals surface area contributed by atoms with E-state index >= 15 is 0 Å². The van der Waals surface area contributed by atoms with Crippen molar-refractivity contribution in [2.75, 3.05) is 7.05 Å². The van der Waals surface area contributed by atoms with Crippen LogP contribution in [-0.2, 0) is 4.79 Å². The highest BCUT2D eigenvalue weighted by Gasteiger charge is 2.12. The van der Waals surface area contributed by atoms with Gasteiger partial charge < -0.3 is 4.90 Å². The quantitative estimate of drug-likeness (QED) is 0.624. The molecule has 0 bridgehead atoms. The number of rotatable bonds is 2. The Hall–Kier alpha value is -1.05. The van der Waals surface area contributed by atoms with Crippen molar-refractivity contribution in [3.05, 3.63) is 23.5 Å². The van der Waals surface area contributed by atoms with E-state index < -0.39 is 0 Å². The lowest BCUT2D eigenvalue weighted by Crippen LogP contribution is -2.19. The first kappa shape index (κ1) is 9.04. The van der Waals surface area contributed by atoms with Crippen molar-refractivity contribution < 1.29 is 4.79 Å². The van der Waals surface area contributed by atoms with Crippen LogP contribution < -0.4 is 0 Å². The summed E-state index contributed by atoms with van der Waals surface area (Å²) in [6.45, 7) is 3.74. The van der Waals surface area contributed by atoms with Gasteiger partial charge in [-0.25, -0.2) is 0 Å². The van der Waals surface area contributed by atoms with Crippen molar-refractivity contribution >= 4 is 5.78 Å². The molecule has 2 heteroatoms. The Morgan fingerprint density at radius 3 is 2.75 bits per heavy atom. The zero-order valence-corrected chi connectivity index (χ0v) is 7.92. The maximum Gasteiger partial charge on any atom is 0.175 e. The highest BCUT2D eigenvalue weighted by molar-refractivity contribution is 5.93. The van der Waals surface area contributed by atoms with Gasteiger partial charge in [0, 0.05) is 20.2 Å². The maximum atomic E-state index is 11.1. The summed E-state index contributed by atoms with van der Waals surface area (Å²) in [6, 6.07) is 0. The van der Waals surface area contributed by atoms with E-state index in [-0.39, 0.29) is 5.78 Å². The van der Waals surface area contributed by atoms with Gasteiger partial charge in [0.05, 0.1) is 5.70 Å². The van der Waals surface area contributed by atoms with Crippen molar-refractivity contribution in [2.45, 2.75) is 26.7 Å². The Bertz CT molecular complexity index is 251. The van der Waals surface area contributed by atoms with Crippen LogP contribution in [0.2, 0.25) is 0 Å². The Morgan fingerprint density at radius 2 is 2.33 bits per heavy atom. The molecule has 0 fully saturated rings. The second-order valence-corrected chi connectivity index (χ2v) is 3.10. The minimum atomic E-state index is 0.143. The van der Waals surface area contributed by atoms with Gasteiger partial charge in [-0.15, -0.1) is 0 Å². The van der Waals surface area contributed by atoms with Crippen LogP contribution in [0.3, 0.4) is 0 Å². The smallest absolute Gasteiger partial charge is 0.175 e. The minimum Gasteiger partial charge on any atom is -0.348 e. The number of likely N-dealkylation sites (N-methyl/N-ethyl adjacent to an activating group) is 1. The largest absolute Gasteiger partial charge is 0.348 e. The molecule has 12 heavy (non-hydrogen) atoms. The fourth-order valence-corrected chi connectivity index (χ4v) is 1.40. The number of carbonyl (C=O) groups excluding carboxylic acids is 1. The van der Waals surface area contributed by atoms with Gasteiger partial charge in [-0.05, 0) is 12.8 Å². The first-order chi connectivity index (χ1) is 5.65. The topological polar surface area (TPSA) is 20.3 Å². The SMILES string of the molecule is CCC1=CN(C)C(C(C)=O)=CC1. The van der Waals surface area contributed by atoms with Crippen molar-refractivity contribution in [1.29, 1.82) is 0 Å². The van der Waals surface area contributed by atoms with E-state index in [1.807, 2.05) is 18.0 Å². The molecule has 1 rings (SSSR count). The molecule has 66 valence electrons. The Balaban J connectivity index is 2.75. The molecule has 0 saturated heterocycles. The monoisotopic (exact) mass is 165 g/mol. The van der Waals surface area contributed by atoms with Crippen molar-refractivity contribution in [3.63, 3.8) is 0 Å². The van der Waals surface area contributed by atoms with E-state index in [9.17, 15) is 4.79 Å². The molecule has 1 aliphatic heterocycles. The lowest BCUT2D eigenvalue weighted by Gasteiger charge is -2.22. The molecular formula is C10H15NO. The van der Waals surface area contributed by atoms with E-state index in [2.05, 4.69) is 13.1 Å². The van der Waals surface area contributed by atoms with Crippen molar-refractivity contribution in [2.24, 2.45) is 0 Å². The van der Waals surface area contributed by atoms with Crippen LogP contribution in [0.1, 0.15) is 26.7 Å². The van der Waals surface area contributed by atoms with Crippen LogP contribution in [0.25, 0.3) is 0 Å². The number of nitrogens with zero attached hydrogens (tertiary/aromatic N) is 1. The summed E-state index contributed by atoms with van der Waals surface area (Å²) in [6.07, 6.45) is 6.04. The molecule has 0 unspecified atom stereocenters. The van der Waals surface area contributed by atoms with Crippen LogP contribution in [0.15, 0.2) is 23.5 Å². The average Bonchev–Trinajstić information content (AvgIpc) is 2.03. The summed E-state index contributed by atoms with van der Waals surface area (Å²) in [5, 5.41) is 0. The van der Waals surface area contributed by atoms with E-state index in [0.717, 1.165) is 18.5 Å². The van der Waals surface area contributed by atoms with Crippen LogP contribution in [0.4, 0.5) is 0 Å². The predicted molar refractivity (Wildman–Crippen MR) is 49.5 cm³/mol. The second-order valence-electron chi connectivity index (χ2n) is 3.10. The molecule has 0 aromatic rings. The predicted octanol–water partition coefficient (Wildman–Crippen LogP) is 2.09. The van der Waals surface area contributed by atoms with Gasteiger partial charge in [-0.2, -0.15) is 0 Å². The summed E-state index contributed by atoms with van der Waals surface area (Å²) in [7, 11) is 1.92. The third-order valence-corrected chi connectivity index (χ3v) is 2.13. The van der Waals surface area contributed by atoms with Crippen LogP contribution in [-0.4, -0.2) is 17.7 Å². The molecule has 2 nitrogen and oxygen atoms in total. The van der Waals surface area contributed by atoms with E-state index in [4.69, 9.17) is 0 Å². The Kier molecular flexibility index (Phi) is 2.69. The summed E-state index contributed by atoms with van der Waals surface area (Å²) in [5.74, 6) is 0.143. The van der Waals surface area contributed by atoms with Gasteiger partial charge in [-0.3, -0.25) is 4.79 Å². The molecule has 1 aliphatic rings. The van der Waals surface area contributed by atoms with Crippen LogP contribution in [0.5, 0.6) is 0 Å². The van der Waals surface area contributed by atoms with Gasteiger partial charge in [0.25, 0.3) is 0 Å². The second kappa shape index (κ2) is 3.57. The summed E-state index contributed by atoms with van der Waals surface area (Å²) in [4.78, 5) is 13.0. The molecule has 0 radical (unpaired) electrons. The van der Waals surface area contributed by atoms with Crippen LogP contribution >= 0.6 is 0 Å². The van der Waals surface area contributed by atoms with Gasteiger partial charge in [0.15, 0.2) is 5.78 Å².